The quantitative estimate of drug-likeness (QED) is 0.647. The van der Waals surface area contributed by atoms with Crippen LogP contribution in [0, 0.1) is 5.92 Å². The minimum atomic E-state index is -0.0932. The summed E-state index contributed by atoms with van der Waals surface area (Å²) < 4.78 is 11.3. The van der Waals surface area contributed by atoms with E-state index in [0.29, 0.717) is 44.5 Å². The summed E-state index contributed by atoms with van der Waals surface area (Å²) in [4.78, 5) is 21.2. The molecule has 0 radical (unpaired) electrons. The van der Waals surface area contributed by atoms with E-state index < -0.39 is 0 Å². The fraction of sp³-hybridized carbons (Fsp3) is 0.440. The van der Waals surface area contributed by atoms with Crippen molar-refractivity contribution in [1.29, 1.82) is 0 Å². The molecular weight excluding hydrogens is 406 g/mol. The number of carbonyl (C=O) groups is 1. The Kier molecular flexibility index (Phi) is 8.64. The predicted molar refractivity (Wildman–Crippen MR) is 124 cm³/mol. The number of phenols is 1. The molecule has 0 aliphatic carbocycles. The fourth-order valence-corrected chi connectivity index (χ4v) is 3.73. The smallest absolute Gasteiger partial charge is 0.236 e. The average Bonchev–Trinajstić information content (AvgIpc) is 2.92. The van der Waals surface area contributed by atoms with Gasteiger partial charge in [-0.3, -0.25) is 14.7 Å². The van der Waals surface area contributed by atoms with Gasteiger partial charge in [0.2, 0.25) is 5.91 Å². The van der Waals surface area contributed by atoms with Crippen LogP contribution in [-0.2, 0) is 16.1 Å². The summed E-state index contributed by atoms with van der Waals surface area (Å²) in [7, 11) is 1.53. The monoisotopic (exact) mass is 439 g/mol. The molecule has 1 fully saturated rings. The second-order valence-electron chi connectivity index (χ2n) is 8.47. The molecule has 0 unspecified atom stereocenters. The number of hydrogen-bond acceptors (Lipinski definition) is 6. The molecule has 0 bridgehead atoms. The molecule has 1 aliphatic rings. The number of pyridine rings is 1. The fourth-order valence-electron chi connectivity index (χ4n) is 3.73. The zero-order chi connectivity index (χ0) is 22.9. The topological polar surface area (TPSA) is 75.1 Å². The van der Waals surface area contributed by atoms with Crippen LogP contribution in [0.2, 0.25) is 0 Å². The van der Waals surface area contributed by atoms with Crippen molar-refractivity contribution < 1.29 is 19.4 Å². The van der Waals surface area contributed by atoms with Crippen molar-refractivity contribution in [1.82, 2.24) is 14.8 Å². The molecule has 1 aromatic heterocycles. The molecule has 1 atom stereocenters. The van der Waals surface area contributed by atoms with Crippen molar-refractivity contribution in [3.63, 3.8) is 0 Å². The summed E-state index contributed by atoms with van der Waals surface area (Å²) in [6.45, 7) is 7.61. The molecule has 1 saturated heterocycles. The maximum absolute atomic E-state index is 12.9. The number of nitrogens with zero attached hydrogens (tertiary/aromatic N) is 3. The van der Waals surface area contributed by atoms with Crippen molar-refractivity contribution in [2.75, 3.05) is 39.8 Å². The molecule has 2 heterocycles. The van der Waals surface area contributed by atoms with Crippen molar-refractivity contribution in [2.45, 2.75) is 26.6 Å². The summed E-state index contributed by atoms with van der Waals surface area (Å²) >= 11 is 0. The van der Waals surface area contributed by atoms with Crippen LogP contribution in [-0.4, -0.2) is 71.7 Å². The summed E-state index contributed by atoms with van der Waals surface area (Å²) in [6.07, 6.45) is 5.65. The zero-order valence-electron chi connectivity index (χ0n) is 19.1. The molecule has 1 aliphatic heterocycles. The van der Waals surface area contributed by atoms with Crippen LogP contribution in [0.5, 0.6) is 11.5 Å². The molecule has 32 heavy (non-hydrogen) atoms. The Morgan fingerprint density at radius 3 is 2.81 bits per heavy atom. The van der Waals surface area contributed by atoms with Gasteiger partial charge in [0.05, 0.1) is 32.1 Å². The number of phenolic OH excluding ortho intramolecular Hbond substituents is 1. The van der Waals surface area contributed by atoms with Crippen molar-refractivity contribution in [3.05, 3.63) is 59.9 Å². The maximum Gasteiger partial charge on any atom is 0.236 e. The van der Waals surface area contributed by atoms with E-state index in [4.69, 9.17) is 9.47 Å². The van der Waals surface area contributed by atoms with Crippen LogP contribution < -0.4 is 4.74 Å². The molecule has 172 valence electrons. The highest BCUT2D eigenvalue weighted by molar-refractivity contribution is 5.78. The third-order valence-electron chi connectivity index (χ3n) is 5.25. The summed E-state index contributed by atoms with van der Waals surface area (Å²) in [6, 6.07) is 11.0. The molecule has 0 saturated carbocycles. The molecule has 3 rings (SSSR count). The van der Waals surface area contributed by atoms with Gasteiger partial charge in [-0.1, -0.05) is 38.1 Å². The van der Waals surface area contributed by atoms with E-state index in [1.54, 1.807) is 18.3 Å². The van der Waals surface area contributed by atoms with E-state index in [0.717, 1.165) is 17.8 Å². The second kappa shape index (κ2) is 11.6. The Labute approximate surface area is 190 Å². The van der Waals surface area contributed by atoms with Gasteiger partial charge in [-0.15, -0.1) is 0 Å². The normalized spacial score (nSPS) is 17.8. The van der Waals surface area contributed by atoms with Gasteiger partial charge < -0.3 is 19.5 Å². The van der Waals surface area contributed by atoms with Crippen LogP contribution in [0.4, 0.5) is 0 Å². The van der Waals surface area contributed by atoms with Gasteiger partial charge in [-0.2, -0.15) is 0 Å². The molecule has 2 aromatic rings. The van der Waals surface area contributed by atoms with Gasteiger partial charge in [0.1, 0.15) is 0 Å². The van der Waals surface area contributed by atoms with Crippen molar-refractivity contribution >= 4 is 12.0 Å². The van der Waals surface area contributed by atoms with Crippen LogP contribution in [0.3, 0.4) is 0 Å². The lowest BCUT2D eigenvalue weighted by Gasteiger charge is -2.26. The zero-order valence-corrected chi connectivity index (χ0v) is 19.1. The third kappa shape index (κ3) is 7.07. The number of amides is 1. The molecule has 1 amide bonds. The summed E-state index contributed by atoms with van der Waals surface area (Å²) in [5.74, 6) is 1.07. The molecular formula is C25H33N3O4. The Bertz CT molecular complexity index is 901. The number of hydrogen-bond donors (Lipinski definition) is 1. The Balaban J connectivity index is 1.66. The van der Waals surface area contributed by atoms with E-state index in [2.05, 4.69) is 23.7 Å². The highest BCUT2D eigenvalue weighted by atomic mass is 16.5. The van der Waals surface area contributed by atoms with E-state index in [1.807, 2.05) is 41.3 Å². The van der Waals surface area contributed by atoms with E-state index in [-0.39, 0.29) is 17.8 Å². The number of methoxy groups -OCH3 is 1. The molecule has 1 N–H and O–H groups in total. The van der Waals surface area contributed by atoms with Gasteiger partial charge in [-0.25, -0.2) is 0 Å². The van der Waals surface area contributed by atoms with E-state index in [9.17, 15) is 9.90 Å². The summed E-state index contributed by atoms with van der Waals surface area (Å²) in [5.41, 5.74) is 1.80. The standard InChI is InChI=1S/C25H33N3O4/c1-19(2)14-28-16-22(32-18-21-8-4-5-11-26-21)15-27(17-25(28)30)12-6-7-20-9-10-23(29)24(13-20)31-3/h4-11,13,19,22,29H,12,14-18H2,1-3H3/b7-6+/t22-/m0/s1. The minimum Gasteiger partial charge on any atom is -0.504 e. The van der Waals surface area contributed by atoms with Crippen molar-refractivity contribution in [3.8, 4) is 11.5 Å². The number of aromatic hydroxyl groups is 1. The lowest BCUT2D eigenvalue weighted by Crippen LogP contribution is -2.40. The predicted octanol–water partition coefficient (Wildman–Crippen LogP) is 3.19. The molecule has 1 aromatic carbocycles. The van der Waals surface area contributed by atoms with Gasteiger partial charge in [-0.05, 0) is 35.7 Å². The highest BCUT2D eigenvalue weighted by Gasteiger charge is 2.28. The molecule has 0 spiro atoms. The lowest BCUT2D eigenvalue weighted by molar-refractivity contribution is -0.132. The number of aromatic nitrogens is 1. The molecule has 7 nitrogen and oxygen atoms in total. The van der Waals surface area contributed by atoms with Crippen LogP contribution >= 0.6 is 0 Å². The number of benzene rings is 1. The number of carbonyl (C=O) groups excluding carboxylic acids is 1. The van der Waals surface area contributed by atoms with E-state index >= 15 is 0 Å². The van der Waals surface area contributed by atoms with Crippen LogP contribution in [0.1, 0.15) is 25.1 Å². The van der Waals surface area contributed by atoms with Crippen LogP contribution in [0.15, 0.2) is 48.7 Å². The summed E-state index contributed by atoms with van der Waals surface area (Å²) in [5, 5.41) is 9.76. The second-order valence-corrected chi connectivity index (χ2v) is 8.47. The Morgan fingerprint density at radius 1 is 1.25 bits per heavy atom. The first-order chi connectivity index (χ1) is 15.4. The van der Waals surface area contributed by atoms with Gasteiger partial charge in [0, 0.05) is 32.4 Å². The van der Waals surface area contributed by atoms with Gasteiger partial charge in [0.25, 0.3) is 0 Å². The average molecular weight is 440 g/mol. The first kappa shape index (κ1) is 23.8. The number of rotatable bonds is 9. The first-order valence-corrected chi connectivity index (χ1v) is 11.0. The Morgan fingerprint density at radius 2 is 2.09 bits per heavy atom. The van der Waals surface area contributed by atoms with Crippen LogP contribution in [0.25, 0.3) is 6.08 Å². The Hall–Kier alpha value is -2.90. The highest BCUT2D eigenvalue weighted by Crippen LogP contribution is 2.26. The largest absolute Gasteiger partial charge is 0.504 e. The SMILES string of the molecule is COc1cc(/C=C/CN2CC(=O)N(CC(C)C)C[C@@H](OCc3ccccn3)C2)ccc1O. The maximum atomic E-state index is 12.9. The first-order valence-electron chi connectivity index (χ1n) is 11.0. The lowest BCUT2D eigenvalue weighted by atomic mass is 10.2. The van der Waals surface area contributed by atoms with Gasteiger partial charge in [0.15, 0.2) is 11.5 Å². The third-order valence-corrected chi connectivity index (χ3v) is 5.25. The van der Waals surface area contributed by atoms with Gasteiger partial charge >= 0.3 is 0 Å². The van der Waals surface area contributed by atoms with E-state index in [1.165, 1.54) is 7.11 Å². The number of ether oxygens (including phenoxy) is 2. The minimum absolute atomic E-state index is 0.0932. The van der Waals surface area contributed by atoms with Crippen molar-refractivity contribution in [2.24, 2.45) is 5.92 Å². The molecule has 7 heteroatoms.